The van der Waals surface area contributed by atoms with Gasteiger partial charge in [-0.25, -0.2) is 0 Å². The monoisotopic (exact) mass is 675 g/mol. The summed E-state index contributed by atoms with van der Waals surface area (Å²) in [5, 5.41) is 4.72. The molecule has 11 rings (SSSR count). The molecule has 2 heteroatoms. The van der Waals surface area contributed by atoms with Crippen LogP contribution in [0.2, 0.25) is 0 Å². The number of fused-ring (bicyclic) bond motifs is 12. The Labute approximate surface area is 308 Å². The van der Waals surface area contributed by atoms with Crippen molar-refractivity contribution in [3.8, 4) is 33.8 Å². The highest BCUT2D eigenvalue weighted by atomic mass is 16.5. The van der Waals surface area contributed by atoms with E-state index in [2.05, 4.69) is 205 Å². The number of benzene rings is 9. The maximum atomic E-state index is 6.90. The van der Waals surface area contributed by atoms with Crippen LogP contribution in [0.25, 0.3) is 43.8 Å². The van der Waals surface area contributed by atoms with Crippen LogP contribution in [-0.2, 0) is 5.41 Å². The van der Waals surface area contributed by atoms with E-state index in [0.29, 0.717) is 0 Å². The lowest BCUT2D eigenvalue weighted by Crippen LogP contribution is -2.32. The molecule has 0 saturated heterocycles. The van der Waals surface area contributed by atoms with Crippen LogP contribution in [0.3, 0.4) is 0 Å². The maximum Gasteiger partial charge on any atom is 0.140 e. The third-order valence-corrected chi connectivity index (χ3v) is 11.3. The van der Waals surface area contributed by atoms with Crippen LogP contribution in [0.1, 0.15) is 22.3 Å². The molecular formula is C51H33NO. The van der Waals surface area contributed by atoms with Gasteiger partial charge in [-0.2, -0.15) is 0 Å². The van der Waals surface area contributed by atoms with Gasteiger partial charge in [-0.3, -0.25) is 0 Å². The number of anilines is 3. The first-order valence-electron chi connectivity index (χ1n) is 18.3. The molecule has 2 nitrogen and oxygen atoms in total. The molecule has 9 aromatic carbocycles. The Kier molecular flexibility index (Phi) is 6.50. The lowest BCUT2D eigenvalue weighted by molar-refractivity contribution is 0.441. The van der Waals surface area contributed by atoms with Gasteiger partial charge in [-0.05, 0) is 92.0 Å². The molecule has 1 atom stereocenters. The van der Waals surface area contributed by atoms with Gasteiger partial charge in [0.15, 0.2) is 0 Å². The fourth-order valence-electron chi connectivity index (χ4n) is 8.95. The summed E-state index contributed by atoms with van der Waals surface area (Å²) in [5.74, 6) is 1.82. The van der Waals surface area contributed by atoms with Gasteiger partial charge in [0.25, 0.3) is 0 Å². The highest BCUT2D eigenvalue weighted by molar-refractivity contribution is 5.97. The van der Waals surface area contributed by atoms with Gasteiger partial charge in [0, 0.05) is 33.6 Å². The summed E-state index contributed by atoms with van der Waals surface area (Å²) in [6.45, 7) is 0. The Morgan fingerprint density at radius 3 is 1.83 bits per heavy atom. The lowest BCUT2D eigenvalue weighted by Gasteiger charge is -2.40. The largest absolute Gasteiger partial charge is 0.456 e. The summed E-state index contributed by atoms with van der Waals surface area (Å²) in [4.78, 5) is 2.41. The summed E-state index contributed by atoms with van der Waals surface area (Å²) in [5.41, 5.74) is 12.5. The Morgan fingerprint density at radius 2 is 0.962 bits per heavy atom. The van der Waals surface area contributed by atoms with Crippen LogP contribution in [-0.4, -0.2) is 0 Å². The number of rotatable bonds is 4. The minimum atomic E-state index is -0.581. The third-order valence-electron chi connectivity index (χ3n) is 11.3. The topological polar surface area (TPSA) is 12.5 Å². The summed E-state index contributed by atoms with van der Waals surface area (Å²) >= 11 is 0. The van der Waals surface area contributed by atoms with Crippen molar-refractivity contribution < 1.29 is 4.74 Å². The zero-order valence-electron chi connectivity index (χ0n) is 28.9. The Hall–Kier alpha value is -6.90. The molecule has 0 saturated carbocycles. The first-order chi connectivity index (χ1) is 26.3. The van der Waals surface area contributed by atoms with Crippen LogP contribution in [0.5, 0.6) is 11.5 Å². The summed E-state index contributed by atoms with van der Waals surface area (Å²) < 4.78 is 6.90. The Balaban J connectivity index is 1.18. The Bertz CT molecular complexity index is 2870. The first-order valence-corrected chi connectivity index (χ1v) is 18.3. The van der Waals surface area contributed by atoms with E-state index in [9.17, 15) is 0 Å². The molecule has 0 aromatic heterocycles. The van der Waals surface area contributed by atoms with Crippen molar-refractivity contribution >= 4 is 38.6 Å². The fraction of sp³-hybridized carbons (Fsp3) is 0.0196. The molecule has 0 bridgehead atoms. The number of nitrogens with zero attached hydrogens (tertiary/aromatic N) is 1. The first kappa shape index (κ1) is 29.8. The van der Waals surface area contributed by atoms with Crippen molar-refractivity contribution in [3.63, 3.8) is 0 Å². The van der Waals surface area contributed by atoms with E-state index >= 15 is 0 Å². The van der Waals surface area contributed by atoms with E-state index in [-0.39, 0.29) is 0 Å². The number of hydrogen-bond acceptors (Lipinski definition) is 2. The third kappa shape index (κ3) is 4.39. The molecule has 1 aliphatic heterocycles. The van der Waals surface area contributed by atoms with Gasteiger partial charge in [0.2, 0.25) is 0 Å². The van der Waals surface area contributed by atoms with Gasteiger partial charge in [0.1, 0.15) is 11.5 Å². The molecule has 1 heterocycles. The van der Waals surface area contributed by atoms with Crippen LogP contribution in [0.15, 0.2) is 200 Å². The van der Waals surface area contributed by atoms with Crippen molar-refractivity contribution in [2.75, 3.05) is 4.90 Å². The second kappa shape index (κ2) is 11.6. The smallest absolute Gasteiger partial charge is 0.140 e. The maximum absolute atomic E-state index is 6.90. The molecule has 9 aromatic rings. The molecule has 2 aliphatic rings. The van der Waals surface area contributed by atoms with Crippen LogP contribution in [0.4, 0.5) is 17.1 Å². The van der Waals surface area contributed by atoms with Crippen molar-refractivity contribution in [1.29, 1.82) is 0 Å². The van der Waals surface area contributed by atoms with Crippen LogP contribution < -0.4 is 9.64 Å². The molecule has 0 radical (unpaired) electrons. The molecule has 53 heavy (non-hydrogen) atoms. The van der Waals surface area contributed by atoms with Gasteiger partial charge in [-0.15, -0.1) is 0 Å². The van der Waals surface area contributed by atoms with Crippen molar-refractivity contribution in [2.24, 2.45) is 0 Å². The lowest BCUT2D eigenvalue weighted by atomic mass is 9.65. The molecule has 0 N–H and O–H groups in total. The van der Waals surface area contributed by atoms with E-state index in [1.165, 1.54) is 55.1 Å². The second-order valence-electron chi connectivity index (χ2n) is 14.1. The predicted octanol–water partition coefficient (Wildman–Crippen LogP) is 13.6. The highest BCUT2D eigenvalue weighted by Crippen LogP contribution is 2.63. The van der Waals surface area contributed by atoms with E-state index in [4.69, 9.17) is 4.74 Å². The van der Waals surface area contributed by atoms with Gasteiger partial charge in [0.05, 0.1) is 5.41 Å². The van der Waals surface area contributed by atoms with E-state index in [0.717, 1.165) is 39.5 Å². The SMILES string of the molecule is c1ccc(-c2ccc(N(c3ccc4c(c3)C3(c5ccccc5Oc5c3ccc3ccccc53)c3ccccc3-4)c3ccc4ccccc4c3)cc2)cc1. The quantitative estimate of drug-likeness (QED) is 0.184. The van der Waals surface area contributed by atoms with Crippen molar-refractivity contribution in [1.82, 2.24) is 0 Å². The van der Waals surface area contributed by atoms with Crippen molar-refractivity contribution in [3.05, 3.63) is 222 Å². The van der Waals surface area contributed by atoms with Crippen LogP contribution in [0, 0.1) is 0 Å². The minimum Gasteiger partial charge on any atom is -0.456 e. The van der Waals surface area contributed by atoms with Gasteiger partial charge < -0.3 is 9.64 Å². The van der Waals surface area contributed by atoms with E-state index in [1.54, 1.807) is 0 Å². The zero-order valence-corrected chi connectivity index (χ0v) is 28.9. The average molecular weight is 676 g/mol. The van der Waals surface area contributed by atoms with Gasteiger partial charge >= 0.3 is 0 Å². The van der Waals surface area contributed by atoms with E-state index in [1.807, 2.05) is 0 Å². The van der Waals surface area contributed by atoms with E-state index < -0.39 is 5.41 Å². The fourth-order valence-corrected chi connectivity index (χ4v) is 8.95. The molecule has 1 aliphatic carbocycles. The molecule has 1 spiro atoms. The van der Waals surface area contributed by atoms with Gasteiger partial charge in [-0.1, -0.05) is 158 Å². The molecular weight excluding hydrogens is 643 g/mol. The number of hydrogen-bond donors (Lipinski definition) is 0. The van der Waals surface area contributed by atoms with Crippen molar-refractivity contribution in [2.45, 2.75) is 5.41 Å². The molecule has 248 valence electrons. The second-order valence-corrected chi connectivity index (χ2v) is 14.1. The normalized spacial score (nSPS) is 15.0. The molecule has 0 fully saturated rings. The standard InChI is InChI=1S/C51H33NO/c1-2-12-34(13-3-1)36-22-26-39(27-23-36)52(40-28-24-35-14-4-5-16-38(35)32-40)41-29-30-44-43-18-8-9-19-45(43)51(48(44)33-41)46-20-10-11-21-49(46)53-50-42-17-7-6-15-37(42)25-31-47(50)51/h1-33H. The summed E-state index contributed by atoms with van der Waals surface area (Å²) in [6.07, 6.45) is 0. The number of para-hydroxylation sites is 1. The molecule has 1 unspecified atom stereocenters. The molecule has 0 amide bonds. The minimum absolute atomic E-state index is 0.581. The average Bonchev–Trinajstić information content (AvgIpc) is 3.51. The Morgan fingerprint density at radius 1 is 0.358 bits per heavy atom. The number of ether oxygens (including phenoxy) is 1. The van der Waals surface area contributed by atoms with Crippen LogP contribution >= 0.6 is 0 Å². The summed E-state index contributed by atoms with van der Waals surface area (Å²) in [7, 11) is 0. The zero-order chi connectivity index (χ0) is 34.9. The summed E-state index contributed by atoms with van der Waals surface area (Å²) in [6, 6.07) is 72.7. The predicted molar refractivity (Wildman–Crippen MR) is 219 cm³/mol. The highest BCUT2D eigenvalue weighted by Gasteiger charge is 2.51.